The van der Waals surface area contributed by atoms with Crippen LogP contribution in [0.4, 0.5) is 0 Å². The topological polar surface area (TPSA) is 126 Å². The lowest BCUT2D eigenvalue weighted by atomic mass is 10.2. The lowest BCUT2D eigenvalue weighted by Gasteiger charge is -2.16. The van der Waals surface area contributed by atoms with Gasteiger partial charge < -0.3 is 15.4 Å². The Morgan fingerprint density at radius 3 is 2.55 bits per heavy atom. The Hall–Kier alpha value is -3.56. The van der Waals surface area contributed by atoms with Crippen LogP contribution >= 0.6 is 0 Å². The summed E-state index contributed by atoms with van der Waals surface area (Å²) in [7, 11) is -3.65. The summed E-state index contributed by atoms with van der Waals surface area (Å²) < 4.78 is 25.1. The van der Waals surface area contributed by atoms with Crippen LogP contribution in [0, 0.1) is 0 Å². The molecule has 0 radical (unpaired) electrons. The molecule has 158 valence electrons. The van der Waals surface area contributed by atoms with Crippen LogP contribution in [-0.4, -0.2) is 47.8 Å². The van der Waals surface area contributed by atoms with Crippen molar-refractivity contribution < 1.29 is 23.3 Å². The highest BCUT2D eigenvalue weighted by Gasteiger charge is 2.23. The van der Waals surface area contributed by atoms with Gasteiger partial charge in [0, 0.05) is 23.3 Å². The molecule has 4 N–H and O–H groups in total. The number of aromatic nitrogens is 3. The molecule has 31 heavy (non-hydrogen) atoms. The van der Waals surface area contributed by atoms with Gasteiger partial charge in [-0.3, -0.25) is 4.79 Å². The lowest BCUT2D eigenvalue weighted by molar-refractivity contribution is -0.377. The number of aliphatic hydroxyl groups is 1. The zero-order chi connectivity index (χ0) is 21.8. The molecule has 0 saturated heterocycles. The van der Waals surface area contributed by atoms with Crippen LogP contribution in [0.2, 0.25) is 0 Å². The third kappa shape index (κ3) is 4.62. The number of aliphatic hydroxyl groups excluding tert-OH is 1. The van der Waals surface area contributed by atoms with Gasteiger partial charge >= 0.3 is 0 Å². The Bertz CT molecular complexity index is 1310. The first-order valence-electron chi connectivity index (χ1n) is 9.62. The number of benzene rings is 2. The SMILES string of the molecule is O=C(N[C@H](CO)CS(=O)(=O)c1ccccc1)c1ccc2nc(-c3cc[nH+]cc3)[nH]c2c1. The number of nitrogens with zero attached hydrogens (tertiary/aromatic N) is 1. The molecule has 9 heteroatoms. The number of hydrogen-bond donors (Lipinski definition) is 3. The van der Waals surface area contributed by atoms with Crippen molar-refractivity contribution in [3.63, 3.8) is 0 Å². The monoisotopic (exact) mass is 437 g/mol. The molecule has 8 nitrogen and oxygen atoms in total. The van der Waals surface area contributed by atoms with Gasteiger partial charge in [0.25, 0.3) is 5.91 Å². The van der Waals surface area contributed by atoms with Gasteiger partial charge in [0.2, 0.25) is 0 Å². The fourth-order valence-corrected chi connectivity index (χ4v) is 4.71. The Morgan fingerprint density at radius 1 is 1.10 bits per heavy atom. The number of sulfone groups is 1. The van der Waals surface area contributed by atoms with E-state index in [0.29, 0.717) is 22.4 Å². The van der Waals surface area contributed by atoms with E-state index >= 15 is 0 Å². The van der Waals surface area contributed by atoms with Crippen LogP contribution < -0.4 is 10.3 Å². The number of fused-ring (bicyclic) bond motifs is 1. The van der Waals surface area contributed by atoms with E-state index in [1.54, 1.807) is 48.8 Å². The Balaban J connectivity index is 1.52. The van der Waals surface area contributed by atoms with E-state index in [1.165, 1.54) is 12.1 Å². The molecular weight excluding hydrogens is 416 g/mol. The Kier molecular flexibility index (Phi) is 5.79. The number of carbonyl (C=O) groups is 1. The molecule has 0 bridgehead atoms. The second-order valence-corrected chi connectivity index (χ2v) is 9.09. The van der Waals surface area contributed by atoms with Crippen LogP contribution in [0.1, 0.15) is 10.4 Å². The van der Waals surface area contributed by atoms with Crippen LogP contribution in [-0.2, 0) is 9.84 Å². The van der Waals surface area contributed by atoms with E-state index < -0.39 is 34.1 Å². The average Bonchev–Trinajstić information content (AvgIpc) is 3.23. The molecule has 4 aromatic rings. The number of nitrogens with one attached hydrogen (secondary N) is 3. The van der Waals surface area contributed by atoms with E-state index in [9.17, 15) is 18.3 Å². The largest absolute Gasteiger partial charge is 0.394 e. The summed E-state index contributed by atoms with van der Waals surface area (Å²) in [5.41, 5.74) is 2.60. The minimum atomic E-state index is -3.65. The highest BCUT2D eigenvalue weighted by atomic mass is 32.2. The van der Waals surface area contributed by atoms with E-state index in [1.807, 2.05) is 12.1 Å². The molecule has 0 aliphatic heterocycles. The van der Waals surface area contributed by atoms with Gasteiger partial charge in [0.05, 0.1) is 34.3 Å². The van der Waals surface area contributed by atoms with E-state index in [4.69, 9.17) is 0 Å². The smallest absolute Gasteiger partial charge is 0.251 e. The molecule has 1 atom stereocenters. The highest BCUT2D eigenvalue weighted by molar-refractivity contribution is 7.91. The van der Waals surface area contributed by atoms with Crippen molar-refractivity contribution >= 4 is 26.8 Å². The lowest BCUT2D eigenvalue weighted by Crippen LogP contribution is -2.42. The molecular formula is C22H21N4O4S+. The van der Waals surface area contributed by atoms with E-state index in [-0.39, 0.29) is 4.90 Å². The van der Waals surface area contributed by atoms with Gasteiger partial charge in [-0.25, -0.2) is 18.4 Å². The maximum absolute atomic E-state index is 12.7. The van der Waals surface area contributed by atoms with Crippen molar-refractivity contribution in [1.82, 2.24) is 15.3 Å². The average molecular weight is 438 g/mol. The summed E-state index contributed by atoms with van der Waals surface area (Å²) in [5.74, 6) is -0.209. The van der Waals surface area contributed by atoms with Crippen molar-refractivity contribution in [2.24, 2.45) is 0 Å². The summed E-state index contributed by atoms with van der Waals surface area (Å²) in [6, 6.07) is 15.7. The number of pyridine rings is 1. The third-order valence-electron chi connectivity index (χ3n) is 4.81. The molecule has 2 aromatic heterocycles. The number of rotatable bonds is 7. The zero-order valence-corrected chi connectivity index (χ0v) is 17.3. The van der Waals surface area contributed by atoms with Gasteiger partial charge in [-0.2, -0.15) is 0 Å². The van der Waals surface area contributed by atoms with Gasteiger partial charge in [-0.15, -0.1) is 0 Å². The predicted molar refractivity (Wildman–Crippen MR) is 115 cm³/mol. The van der Waals surface area contributed by atoms with Crippen LogP contribution in [0.15, 0.2) is 78.0 Å². The van der Waals surface area contributed by atoms with Crippen LogP contribution in [0.3, 0.4) is 0 Å². The molecule has 0 saturated carbocycles. The number of amides is 1. The maximum Gasteiger partial charge on any atom is 0.251 e. The predicted octanol–water partition coefficient (Wildman–Crippen LogP) is 1.61. The van der Waals surface area contributed by atoms with Crippen LogP contribution in [0.5, 0.6) is 0 Å². The van der Waals surface area contributed by atoms with Crippen molar-refractivity contribution in [2.45, 2.75) is 10.9 Å². The zero-order valence-electron chi connectivity index (χ0n) is 16.4. The highest BCUT2D eigenvalue weighted by Crippen LogP contribution is 2.20. The number of imidazole rings is 1. The quantitative estimate of drug-likeness (QED) is 0.405. The van der Waals surface area contributed by atoms with Crippen molar-refractivity contribution in [1.29, 1.82) is 0 Å². The molecule has 0 spiro atoms. The van der Waals surface area contributed by atoms with Gasteiger partial charge in [0.1, 0.15) is 5.82 Å². The number of carbonyl (C=O) groups excluding carboxylic acids is 1. The van der Waals surface area contributed by atoms with Crippen molar-refractivity contribution in [2.75, 3.05) is 12.4 Å². The fraction of sp³-hybridized carbons (Fsp3) is 0.136. The first-order valence-corrected chi connectivity index (χ1v) is 11.3. The Labute approximate surface area is 178 Å². The summed E-state index contributed by atoms with van der Waals surface area (Å²) in [4.78, 5) is 23.5. The van der Waals surface area contributed by atoms with Crippen molar-refractivity contribution in [3.05, 3.63) is 78.6 Å². The summed E-state index contributed by atoms with van der Waals surface area (Å²) in [6.45, 7) is -0.501. The summed E-state index contributed by atoms with van der Waals surface area (Å²) in [5, 5.41) is 12.2. The van der Waals surface area contributed by atoms with Gasteiger partial charge in [0.15, 0.2) is 22.2 Å². The second kappa shape index (κ2) is 8.66. The summed E-state index contributed by atoms with van der Waals surface area (Å²) >= 11 is 0. The number of H-pyrrole nitrogens is 2. The Morgan fingerprint density at radius 2 is 1.84 bits per heavy atom. The molecule has 1 amide bonds. The number of hydrogen-bond acceptors (Lipinski definition) is 5. The minimum absolute atomic E-state index is 0.146. The molecule has 0 fully saturated rings. The standard InChI is InChI=1S/C22H20N4O4S/c27-13-17(14-31(29,30)18-4-2-1-3-5-18)24-22(28)16-6-7-19-20(12-16)26-21(25-19)15-8-10-23-11-9-15/h1-12,17,27H,13-14H2,(H,24,28)(H,25,26)/p+1/t17-/m1/s1. The van der Waals surface area contributed by atoms with Gasteiger partial charge in [-0.05, 0) is 30.3 Å². The normalized spacial score (nSPS) is 12.5. The van der Waals surface area contributed by atoms with Crippen molar-refractivity contribution in [3.8, 4) is 11.4 Å². The van der Waals surface area contributed by atoms with E-state index in [2.05, 4.69) is 20.3 Å². The molecule has 0 aliphatic carbocycles. The summed E-state index contributed by atoms with van der Waals surface area (Å²) in [6.07, 6.45) is 3.58. The minimum Gasteiger partial charge on any atom is -0.394 e. The molecule has 4 rings (SSSR count). The third-order valence-corrected chi connectivity index (χ3v) is 6.65. The van der Waals surface area contributed by atoms with Crippen LogP contribution in [0.25, 0.3) is 22.4 Å². The maximum atomic E-state index is 12.7. The van der Waals surface area contributed by atoms with Gasteiger partial charge in [-0.1, -0.05) is 18.2 Å². The first kappa shape index (κ1) is 20.7. The number of aromatic amines is 2. The van der Waals surface area contributed by atoms with E-state index in [0.717, 1.165) is 5.56 Å². The first-order chi connectivity index (χ1) is 15.0. The fourth-order valence-electron chi connectivity index (χ4n) is 3.23. The molecule has 0 unspecified atom stereocenters. The molecule has 0 aliphatic rings. The second-order valence-electron chi connectivity index (χ2n) is 7.05. The molecule has 2 aromatic carbocycles. The molecule has 2 heterocycles.